The summed E-state index contributed by atoms with van der Waals surface area (Å²) in [6, 6.07) is 15.2. The van der Waals surface area contributed by atoms with Gasteiger partial charge >= 0.3 is 0 Å². The Labute approximate surface area is 138 Å². The van der Waals surface area contributed by atoms with Crippen molar-refractivity contribution in [3.63, 3.8) is 0 Å². The molecule has 2 aromatic carbocycles. The Morgan fingerprint density at radius 2 is 1.87 bits per heavy atom. The number of fused-ring (bicyclic) bond motifs is 1. The molecule has 0 aliphatic carbocycles. The van der Waals surface area contributed by atoms with Gasteiger partial charge in [0.1, 0.15) is 5.82 Å². The molecular formula is C20H25N3. The van der Waals surface area contributed by atoms with Crippen LogP contribution in [0.5, 0.6) is 0 Å². The first kappa shape index (κ1) is 15.8. The minimum atomic E-state index is 0.212. The maximum Gasteiger partial charge on any atom is 0.126 e. The van der Waals surface area contributed by atoms with E-state index in [1.165, 1.54) is 22.2 Å². The normalized spacial score (nSPS) is 12.7. The second-order valence-corrected chi connectivity index (χ2v) is 6.22. The molecule has 0 spiro atoms. The van der Waals surface area contributed by atoms with E-state index in [0.29, 0.717) is 0 Å². The van der Waals surface area contributed by atoms with Crippen molar-refractivity contribution in [3.05, 3.63) is 65.0 Å². The molecule has 1 heterocycles. The van der Waals surface area contributed by atoms with Gasteiger partial charge in [-0.3, -0.25) is 0 Å². The number of benzene rings is 2. The number of rotatable bonds is 5. The van der Waals surface area contributed by atoms with Crippen LogP contribution in [-0.4, -0.2) is 9.55 Å². The van der Waals surface area contributed by atoms with Gasteiger partial charge in [-0.15, -0.1) is 0 Å². The number of nitrogens with zero attached hydrogens (tertiary/aromatic N) is 2. The second-order valence-electron chi connectivity index (χ2n) is 6.22. The molecular weight excluding hydrogens is 282 g/mol. The molecule has 3 rings (SSSR count). The minimum Gasteiger partial charge on any atom is -0.327 e. The molecule has 1 atom stereocenters. The maximum absolute atomic E-state index is 4.83. The summed E-state index contributed by atoms with van der Waals surface area (Å²) in [6.45, 7) is 10.5. The van der Waals surface area contributed by atoms with Crippen LogP contribution >= 0.6 is 0 Å². The largest absolute Gasteiger partial charge is 0.327 e. The number of aryl methyl sites for hydroxylation is 3. The Kier molecular flexibility index (Phi) is 4.49. The number of para-hydroxylation sites is 2. The zero-order valence-electron chi connectivity index (χ0n) is 14.4. The van der Waals surface area contributed by atoms with Crippen LogP contribution < -0.4 is 5.32 Å². The molecule has 0 fully saturated rings. The number of hydrogen-bond acceptors (Lipinski definition) is 2. The number of aromatic nitrogens is 2. The lowest BCUT2D eigenvalue weighted by molar-refractivity contribution is 0.521. The molecule has 23 heavy (non-hydrogen) atoms. The highest BCUT2D eigenvalue weighted by atomic mass is 15.1. The predicted molar refractivity (Wildman–Crippen MR) is 96.6 cm³/mol. The summed E-state index contributed by atoms with van der Waals surface area (Å²) in [5.74, 6) is 1.11. The SMILES string of the molecule is CCn1c([C@@H](C)NCc2ccc(C)c(C)c2)nc2ccccc21. The van der Waals surface area contributed by atoms with Crippen molar-refractivity contribution in [2.45, 2.75) is 46.8 Å². The first-order valence-electron chi connectivity index (χ1n) is 8.34. The summed E-state index contributed by atoms with van der Waals surface area (Å²) in [5, 5.41) is 3.61. The summed E-state index contributed by atoms with van der Waals surface area (Å²) < 4.78 is 2.30. The first-order chi connectivity index (χ1) is 11.1. The Hall–Kier alpha value is -2.13. The van der Waals surface area contributed by atoms with E-state index in [0.717, 1.165) is 24.4 Å². The number of hydrogen-bond donors (Lipinski definition) is 1. The summed E-state index contributed by atoms with van der Waals surface area (Å²) >= 11 is 0. The molecule has 1 N–H and O–H groups in total. The van der Waals surface area contributed by atoms with Crippen LogP contribution in [0.15, 0.2) is 42.5 Å². The van der Waals surface area contributed by atoms with Gasteiger partial charge in [0.25, 0.3) is 0 Å². The average Bonchev–Trinajstić information content (AvgIpc) is 2.94. The standard InChI is InChI=1S/C20H25N3/c1-5-23-19-9-7-6-8-18(19)22-20(23)16(4)21-13-17-11-10-14(2)15(3)12-17/h6-12,16,21H,5,13H2,1-4H3/t16-/m1/s1. The molecule has 0 aliphatic heterocycles. The molecule has 1 aromatic heterocycles. The van der Waals surface area contributed by atoms with Crippen molar-refractivity contribution >= 4 is 11.0 Å². The van der Waals surface area contributed by atoms with Gasteiger partial charge in [0.2, 0.25) is 0 Å². The molecule has 0 unspecified atom stereocenters. The van der Waals surface area contributed by atoms with E-state index in [1.54, 1.807) is 0 Å². The Morgan fingerprint density at radius 3 is 2.61 bits per heavy atom. The van der Waals surface area contributed by atoms with E-state index in [-0.39, 0.29) is 6.04 Å². The lowest BCUT2D eigenvalue weighted by Gasteiger charge is -2.16. The van der Waals surface area contributed by atoms with Gasteiger partial charge in [0.15, 0.2) is 0 Å². The minimum absolute atomic E-state index is 0.212. The Bertz CT molecular complexity index is 817. The van der Waals surface area contributed by atoms with Crippen molar-refractivity contribution in [2.24, 2.45) is 0 Å². The van der Waals surface area contributed by atoms with Crippen molar-refractivity contribution in [2.75, 3.05) is 0 Å². The fourth-order valence-electron chi connectivity index (χ4n) is 3.03. The van der Waals surface area contributed by atoms with Crippen molar-refractivity contribution in [3.8, 4) is 0 Å². The van der Waals surface area contributed by atoms with Gasteiger partial charge in [0, 0.05) is 13.1 Å². The highest BCUT2D eigenvalue weighted by molar-refractivity contribution is 5.76. The molecule has 0 aliphatic rings. The van der Waals surface area contributed by atoms with E-state index in [9.17, 15) is 0 Å². The molecule has 0 bridgehead atoms. The second kappa shape index (κ2) is 6.55. The highest BCUT2D eigenvalue weighted by Gasteiger charge is 2.15. The zero-order valence-corrected chi connectivity index (χ0v) is 14.4. The van der Waals surface area contributed by atoms with Crippen LogP contribution in [0.1, 0.15) is 42.4 Å². The van der Waals surface area contributed by atoms with Gasteiger partial charge in [-0.05, 0) is 56.5 Å². The molecule has 0 amide bonds. The third-order valence-electron chi connectivity index (χ3n) is 4.57. The smallest absolute Gasteiger partial charge is 0.126 e. The van der Waals surface area contributed by atoms with Crippen LogP contribution in [0.2, 0.25) is 0 Å². The molecule has 0 saturated carbocycles. The maximum atomic E-state index is 4.83. The summed E-state index contributed by atoms with van der Waals surface area (Å²) in [4.78, 5) is 4.83. The fourth-order valence-corrected chi connectivity index (χ4v) is 3.03. The monoisotopic (exact) mass is 307 g/mol. The summed E-state index contributed by atoms with van der Waals surface area (Å²) in [5.41, 5.74) is 6.29. The highest BCUT2D eigenvalue weighted by Crippen LogP contribution is 2.21. The van der Waals surface area contributed by atoms with Gasteiger partial charge in [0.05, 0.1) is 17.1 Å². The van der Waals surface area contributed by atoms with Gasteiger partial charge in [-0.25, -0.2) is 4.98 Å². The van der Waals surface area contributed by atoms with Crippen LogP contribution in [-0.2, 0) is 13.1 Å². The lowest BCUT2D eigenvalue weighted by atomic mass is 10.1. The summed E-state index contributed by atoms with van der Waals surface area (Å²) in [6.07, 6.45) is 0. The molecule has 3 nitrogen and oxygen atoms in total. The molecule has 3 aromatic rings. The lowest BCUT2D eigenvalue weighted by Crippen LogP contribution is -2.21. The predicted octanol–water partition coefficient (Wildman–Crippen LogP) is 4.52. The number of nitrogens with one attached hydrogen (secondary N) is 1. The summed E-state index contributed by atoms with van der Waals surface area (Å²) in [7, 11) is 0. The third kappa shape index (κ3) is 3.15. The first-order valence-corrected chi connectivity index (χ1v) is 8.34. The fraction of sp³-hybridized carbons (Fsp3) is 0.350. The van der Waals surface area contributed by atoms with Crippen molar-refractivity contribution in [1.82, 2.24) is 14.9 Å². The van der Waals surface area contributed by atoms with E-state index in [1.807, 2.05) is 6.07 Å². The topological polar surface area (TPSA) is 29.9 Å². The van der Waals surface area contributed by atoms with Crippen molar-refractivity contribution in [1.29, 1.82) is 0 Å². The Morgan fingerprint density at radius 1 is 1.09 bits per heavy atom. The van der Waals surface area contributed by atoms with Gasteiger partial charge in [-0.2, -0.15) is 0 Å². The molecule has 3 heteroatoms. The van der Waals surface area contributed by atoms with Crippen LogP contribution in [0, 0.1) is 13.8 Å². The molecule has 120 valence electrons. The van der Waals surface area contributed by atoms with Gasteiger partial charge in [-0.1, -0.05) is 30.3 Å². The molecule has 0 radical (unpaired) electrons. The quantitative estimate of drug-likeness (QED) is 0.751. The van der Waals surface area contributed by atoms with Crippen LogP contribution in [0.4, 0.5) is 0 Å². The number of imidazole rings is 1. The van der Waals surface area contributed by atoms with E-state index in [4.69, 9.17) is 4.98 Å². The average molecular weight is 307 g/mol. The van der Waals surface area contributed by atoms with Crippen LogP contribution in [0.3, 0.4) is 0 Å². The Balaban J connectivity index is 1.80. The molecule has 0 saturated heterocycles. The third-order valence-corrected chi connectivity index (χ3v) is 4.57. The zero-order chi connectivity index (χ0) is 16.4. The van der Waals surface area contributed by atoms with E-state index in [2.05, 4.69) is 74.0 Å². The van der Waals surface area contributed by atoms with Crippen molar-refractivity contribution < 1.29 is 0 Å². The van der Waals surface area contributed by atoms with E-state index < -0.39 is 0 Å². The van der Waals surface area contributed by atoms with E-state index >= 15 is 0 Å². The van der Waals surface area contributed by atoms with Crippen LogP contribution in [0.25, 0.3) is 11.0 Å². The van der Waals surface area contributed by atoms with Gasteiger partial charge < -0.3 is 9.88 Å².